The maximum Gasteiger partial charge on any atom is 0.238 e. The lowest BCUT2D eigenvalue weighted by atomic mass is 9.94. The molecule has 1 aliphatic rings. The van der Waals surface area contributed by atoms with Crippen LogP contribution in [0.5, 0.6) is 0 Å². The number of benzene rings is 1. The van der Waals surface area contributed by atoms with Crippen molar-refractivity contribution in [2.75, 3.05) is 18.4 Å². The number of rotatable bonds is 7. The van der Waals surface area contributed by atoms with Crippen LogP contribution in [-0.4, -0.2) is 46.9 Å². The molecule has 0 radical (unpaired) electrons. The maximum absolute atomic E-state index is 12.5. The second-order valence-corrected chi connectivity index (χ2v) is 6.72. The number of aliphatic hydroxyl groups excluding tert-OH is 1. The fourth-order valence-corrected chi connectivity index (χ4v) is 3.40. The van der Waals surface area contributed by atoms with E-state index < -0.39 is 6.10 Å². The zero-order valence-electron chi connectivity index (χ0n) is 14.6. The zero-order chi connectivity index (χ0) is 17.5. The van der Waals surface area contributed by atoms with Crippen molar-refractivity contribution >= 4 is 17.4 Å². The molecule has 5 heteroatoms. The van der Waals surface area contributed by atoms with Gasteiger partial charge >= 0.3 is 0 Å². The number of amides is 1. The lowest BCUT2D eigenvalue weighted by Gasteiger charge is -2.34. The molecule has 5 nitrogen and oxygen atoms in total. The molecule has 0 bridgehead atoms. The summed E-state index contributed by atoms with van der Waals surface area (Å²) in [5, 5.41) is 12.6. The molecular formula is C19H28N2O3. The van der Waals surface area contributed by atoms with Crippen molar-refractivity contribution < 1.29 is 14.7 Å². The number of Topliss-reactive ketones (excluding diaryl/α,β-unsaturated/α-hetero) is 1. The molecule has 1 aliphatic carbocycles. The molecule has 1 saturated carbocycles. The third-order valence-electron chi connectivity index (χ3n) is 4.52. The van der Waals surface area contributed by atoms with Gasteiger partial charge in [0.05, 0.1) is 18.3 Å². The summed E-state index contributed by atoms with van der Waals surface area (Å²) in [5.41, 5.74) is 1.07. The molecule has 1 aromatic rings. The Morgan fingerprint density at radius 3 is 2.54 bits per heavy atom. The molecule has 0 heterocycles. The largest absolute Gasteiger partial charge is 0.392 e. The molecule has 0 aromatic heterocycles. The van der Waals surface area contributed by atoms with Gasteiger partial charge < -0.3 is 10.4 Å². The predicted octanol–water partition coefficient (Wildman–Crippen LogP) is 2.84. The van der Waals surface area contributed by atoms with E-state index in [4.69, 9.17) is 0 Å². The van der Waals surface area contributed by atoms with Gasteiger partial charge in [0.25, 0.3) is 0 Å². The molecule has 2 rings (SSSR count). The van der Waals surface area contributed by atoms with Crippen molar-refractivity contribution in [3.05, 3.63) is 29.8 Å². The van der Waals surface area contributed by atoms with Crippen LogP contribution in [0.1, 0.15) is 56.3 Å². The van der Waals surface area contributed by atoms with Gasteiger partial charge in [0.2, 0.25) is 5.91 Å². The van der Waals surface area contributed by atoms with Crippen LogP contribution >= 0.6 is 0 Å². The quantitative estimate of drug-likeness (QED) is 0.753. The van der Waals surface area contributed by atoms with Crippen molar-refractivity contribution in [3.8, 4) is 0 Å². The summed E-state index contributed by atoms with van der Waals surface area (Å²) in [6.45, 7) is 3.97. The Bertz CT molecular complexity index is 565. The Labute approximate surface area is 144 Å². The fourth-order valence-electron chi connectivity index (χ4n) is 3.40. The summed E-state index contributed by atoms with van der Waals surface area (Å²) in [6, 6.07) is 7.40. The molecule has 0 aliphatic heterocycles. The first-order valence-corrected chi connectivity index (χ1v) is 8.79. The van der Waals surface area contributed by atoms with Crippen molar-refractivity contribution in [3.63, 3.8) is 0 Å². The van der Waals surface area contributed by atoms with Gasteiger partial charge in [0, 0.05) is 18.2 Å². The van der Waals surface area contributed by atoms with E-state index >= 15 is 0 Å². The minimum absolute atomic E-state index is 0.0704. The molecule has 132 valence electrons. The molecule has 0 spiro atoms. The highest BCUT2D eigenvalue weighted by atomic mass is 16.3. The molecule has 0 saturated heterocycles. The molecule has 1 aromatic carbocycles. The highest BCUT2D eigenvalue weighted by molar-refractivity contribution is 6.04. The first-order chi connectivity index (χ1) is 11.5. The SMILES string of the molecule is CC(=O)c1ccccc1NC(=O)CN(CC(C)O)C1CCCCC1. The van der Waals surface area contributed by atoms with Crippen LogP contribution in [0, 0.1) is 0 Å². The summed E-state index contributed by atoms with van der Waals surface area (Å²) in [6.07, 6.45) is 5.28. The van der Waals surface area contributed by atoms with E-state index in [0.29, 0.717) is 23.8 Å². The van der Waals surface area contributed by atoms with E-state index in [1.165, 1.54) is 26.2 Å². The Morgan fingerprint density at radius 1 is 1.25 bits per heavy atom. The Hall–Kier alpha value is -1.72. The third-order valence-corrected chi connectivity index (χ3v) is 4.52. The summed E-state index contributed by atoms with van der Waals surface area (Å²) in [5.74, 6) is -0.214. The number of para-hydroxylation sites is 1. The highest BCUT2D eigenvalue weighted by Gasteiger charge is 2.24. The highest BCUT2D eigenvalue weighted by Crippen LogP contribution is 2.23. The second-order valence-electron chi connectivity index (χ2n) is 6.72. The summed E-state index contributed by atoms with van der Waals surface area (Å²) >= 11 is 0. The van der Waals surface area contributed by atoms with Crippen LogP contribution in [0.25, 0.3) is 0 Å². The number of ketones is 1. The lowest BCUT2D eigenvalue weighted by Crippen LogP contribution is -2.45. The monoisotopic (exact) mass is 332 g/mol. The molecule has 2 N–H and O–H groups in total. The molecular weight excluding hydrogens is 304 g/mol. The molecule has 1 amide bonds. The summed E-state index contributed by atoms with van der Waals surface area (Å²) < 4.78 is 0. The summed E-state index contributed by atoms with van der Waals surface area (Å²) in [7, 11) is 0. The van der Waals surface area contributed by atoms with Crippen molar-refractivity contribution in [1.82, 2.24) is 4.90 Å². The minimum atomic E-state index is -0.468. The molecule has 1 atom stereocenters. The van der Waals surface area contributed by atoms with E-state index in [2.05, 4.69) is 10.2 Å². The average Bonchev–Trinajstić information content (AvgIpc) is 2.55. The topological polar surface area (TPSA) is 69.6 Å². The van der Waals surface area contributed by atoms with Crippen molar-refractivity contribution in [1.29, 1.82) is 0 Å². The number of carbonyl (C=O) groups is 2. The first-order valence-electron chi connectivity index (χ1n) is 8.79. The number of carbonyl (C=O) groups excluding carboxylic acids is 2. The lowest BCUT2D eigenvalue weighted by molar-refractivity contribution is -0.118. The molecule has 1 unspecified atom stereocenters. The predicted molar refractivity (Wildman–Crippen MR) is 95.2 cm³/mol. The number of anilines is 1. The van der Waals surface area contributed by atoms with Gasteiger partial charge in [0.15, 0.2) is 5.78 Å². The standard InChI is InChI=1S/C19H28N2O3/c1-14(22)12-21(16-8-4-3-5-9-16)13-19(24)20-18-11-7-6-10-17(18)15(2)23/h6-7,10-11,14,16,22H,3-5,8-9,12-13H2,1-2H3,(H,20,24). The van der Waals surface area contributed by atoms with Gasteiger partial charge in [-0.05, 0) is 38.8 Å². The van der Waals surface area contributed by atoms with Crippen molar-refractivity contribution in [2.45, 2.75) is 58.1 Å². The number of nitrogens with zero attached hydrogens (tertiary/aromatic N) is 1. The number of nitrogens with one attached hydrogen (secondary N) is 1. The minimum Gasteiger partial charge on any atom is -0.392 e. The Balaban J connectivity index is 2.03. The number of aliphatic hydroxyl groups is 1. The van der Waals surface area contributed by atoms with E-state index in [0.717, 1.165) is 12.8 Å². The van der Waals surface area contributed by atoms with Crippen LogP contribution < -0.4 is 5.32 Å². The first kappa shape index (κ1) is 18.6. The van der Waals surface area contributed by atoms with Gasteiger partial charge in [-0.2, -0.15) is 0 Å². The van der Waals surface area contributed by atoms with Crippen LogP contribution in [0.4, 0.5) is 5.69 Å². The third kappa shape index (κ3) is 5.42. The number of hydrogen-bond acceptors (Lipinski definition) is 4. The molecule has 1 fully saturated rings. The summed E-state index contributed by atoms with van der Waals surface area (Å²) in [4.78, 5) is 26.2. The smallest absolute Gasteiger partial charge is 0.238 e. The van der Waals surface area contributed by atoms with Crippen LogP contribution in [-0.2, 0) is 4.79 Å². The fraction of sp³-hybridized carbons (Fsp3) is 0.579. The van der Waals surface area contributed by atoms with Gasteiger partial charge in [-0.15, -0.1) is 0 Å². The van der Waals surface area contributed by atoms with E-state index in [-0.39, 0.29) is 18.2 Å². The molecule has 24 heavy (non-hydrogen) atoms. The van der Waals surface area contributed by atoms with E-state index in [9.17, 15) is 14.7 Å². The Kier molecular flexibility index (Phi) is 6.94. The second kappa shape index (κ2) is 8.94. The van der Waals surface area contributed by atoms with Crippen molar-refractivity contribution in [2.24, 2.45) is 0 Å². The average molecular weight is 332 g/mol. The van der Waals surface area contributed by atoms with Crippen LogP contribution in [0.3, 0.4) is 0 Å². The Morgan fingerprint density at radius 2 is 1.92 bits per heavy atom. The van der Waals surface area contributed by atoms with E-state index in [1.54, 1.807) is 31.2 Å². The van der Waals surface area contributed by atoms with Crippen LogP contribution in [0.15, 0.2) is 24.3 Å². The van der Waals surface area contributed by atoms with E-state index in [1.807, 2.05) is 0 Å². The van der Waals surface area contributed by atoms with Gasteiger partial charge in [-0.1, -0.05) is 31.4 Å². The number of hydrogen-bond donors (Lipinski definition) is 2. The van der Waals surface area contributed by atoms with Gasteiger partial charge in [-0.25, -0.2) is 0 Å². The zero-order valence-corrected chi connectivity index (χ0v) is 14.6. The maximum atomic E-state index is 12.5. The normalized spacial score (nSPS) is 16.8. The van der Waals surface area contributed by atoms with Gasteiger partial charge in [0.1, 0.15) is 0 Å². The van der Waals surface area contributed by atoms with Gasteiger partial charge in [-0.3, -0.25) is 14.5 Å². The van der Waals surface area contributed by atoms with Crippen LogP contribution in [0.2, 0.25) is 0 Å².